The highest BCUT2D eigenvalue weighted by molar-refractivity contribution is 8.78. The molecule has 0 aromatic rings. The van der Waals surface area contributed by atoms with Crippen molar-refractivity contribution in [2.24, 2.45) is 0 Å². The van der Waals surface area contributed by atoms with E-state index in [9.17, 15) is 19.2 Å². The van der Waals surface area contributed by atoms with Crippen molar-refractivity contribution in [1.82, 2.24) is 10.6 Å². The maximum atomic E-state index is 10.8. The molecule has 2 N–H and O–H groups in total. The van der Waals surface area contributed by atoms with Crippen molar-refractivity contribution in [1.29, 1.82) is 0 Å². The van der Waals surface area contributed by atoms with Gasteiger partial charge >= 0.3 is 0 Å². The van der Waals surface area contributed by atoms with Gasteiger partial charge in [0.05, 0.1) is 0 Å². The van der Waals surface area contributed by atoms with Gasteiger partial charge in [0.25, 0.3) is 0 Å². The minimum Gasteiger partial charge on any atom is -0.294 e. The lowest BCUT2D eigenvalue weighted by atomic mass is 10.2. The third kappa shape index (κ3) is 1.40. The Morgan fingerprint density at radius 2 is 1.00 bits per heavy atom. The van der Waals surface area contributed by atoms with Gasteiger partial charge < -0.3 is 0 Å². The van der Waals surface area contributed by atoms with Gasteiger partial charge in [0, 0.05) is 0 Å². The van der Waals surface area contributed by atoms with Crippen molar-refractivity contribution in [3.8, 4) is 0 Å². The molecule has 0 atom stereocenters. The zero-order chi connectivity index (χ0) is 10.3. The summed E-state index contributed by atoms with van der Waals surface area (Å²) in [7, 11) is 1.89. The van der Waals surface area contributed by atoms with Crippen molar-refractivity contribution in [2.75, 3.05) is 0 Å². The first-order valence-electron chi connectivity index (χ1n) is 3.61. The SMILES string of the molecule is O=C1NC(=O)C1SSC1C(=O)NC1=O. The summed E-state index contributed by atoms with van der Waals surface area (Å²) >= 11 is 0. The molecule has 0 aromatic heterocycles. The molecule has 2 aliphatic rings. The number of imide groups is 2. The normalized spacial score (nSPS) is 22.6. The summed E-state index contributed by atoms with van der Waals surface area (Å²) in [6.07, 6.45) is 0. The van der Waals surface area contributed by atoms with Crippen LogP contribution in [0.3, 0.4) is 0 Å². The molecule has 4 amide bonds. The average molecular weight is 232 g/mol. The van der Waals surface area contributed by atoms with E-state index in [0.29, 0.717) is 0 Å². The average Bonchev–Trinajstić information content (AvgIpc) is 2.12. The van der Waals surface area contributed by atoms with Crippen LogP contribution in [0.25, 0.3) is 0 Å². The molecular weight excluding hydrogens is 228 g/mol. The molecule has 0 aliphatic carbocycles. The van der Waals surface area contributed by atoms with E-state index in [1.54, 1.807) is 0 Å². The summed E-state index contributed by atoms with van der Waals surface area (Å²) in [5, 5.41) is 2.53. The maximum Gasteiger partial charge on any atom is 0.250 e. The third-order valence-corrected chi connectivity index (χ3v) is 4.53. The van der Waals surface area contributed by atoms with Gasteiger partial charge in [0.15, 0.2) is 10.5 Å². The van der Waals surface area contributed by atoms with Crippen LogP contribution in [0.1, 0.15) is 0 Å². The smallest absolute Gasteiger partial charge is 0.250 e. The molecule has 2 rings (SSSR count). The van der Waals surface area contributed by atoms with Gasteiger partial charge in [-0.2, -0.15) is 0 Å². The first kappa shape index (κ1) is 9.53. The number of β-lactam (4-membered cyclic amide) rings is 4. The lowest BCUT2D eigenvalue weighted by Crippen LogP contribution is -2.58. The van der Waals surface area contributed by atoms with E-state index in [1.165, 1.54) is 0 Å². The molecule has 2 aliphatic heterocycles. The van der Waals surface area contributed by atoms with Gasteiger partial charge in [-0.15, -0.1) is 0 Å². The largest absolute Gasteiger partial charge is 0.294 e. The molecule has 74 valence electrons. The molecular formula is C6H4N2O4S2. The molecule has 0 bridgehead atoms. The van der Waals surface area contributed by atoms with Crippen LogP contribution < -0.4 is 10.6 Å². The summed E-state index contributed by atoms with van der Waals surface area (Å²) in [6, 6.07) is 0. The van der Waals surface area contributed by atoms with Crippen LogP contribution in [0.15, 0.2) is 0 Å². The number of hydrogen-bond donors (Lipinski definition) is 2. The number of hydrogen-bond acceptors (Lipinski definition) is 6. The van der Waals surface area contributed by atoms with Crippen molar-refractivity contribution in [3.05, 3.63) is 0 Å². The Labute approximate surface area is 85.9 Å². The van der Waals surface area contributed by atoms with Crippen molar-refractivity contribution >= 4 is 45.2 Å². The molecule has 0 radical (unpaired) electrons. The van der Waals surface area contributed by atoms with Crippen LogP contribution in [0, 0.1) is 0 Å². The monoisotopic (exact) mass is 232 g/mol. The molecule has 0 aromatic carbocycles. The molecule has 0 unspecified atom stereocenters. The van der Waals surface area contributed by atoms with E-state index in [-0.39, 0.29) is 23.6 Å². The zero-order valence-electron chi connectivity index (χ0n) is 6.60. The molecule has 6 nitrogen and oxygen atoms in total. The Kier molecular flexibility index (Phi) is 2.23. The molecule has 0 spiro atoms. The summed E-state index contributed by atoms with van der Waals surface area (Å²) in [5.74, 6) is -1.50. The number of nitrogens with one attached hydrogen (secondary N) is 2. The first-order chi connectivity index (χ1) is 6.59. The molecule has 8 heteroatoms. The Balaban J connectivity index is 1.82. The fourth-order valence-corrected chi connectivity index (χ4v) is 3.40. The Hall–Kier alpha value is -1.02. The second-order valence-corrected chi connectivity index (χ2v) is 5.14. The minimum absolute atomic E-state index is 0.375. The van der Waals surface area contributed by atoms with Gasteiger partial charge in [-0.1, -0.05) is 21.6 Å². The van der Waals surface area contributed by atoms with E-state index in [0.717, 1.165) is 21.6 Å². The van der Waals surface area contributed by atoms with E-state index in [1.807, 2.05) is 10.6 Å². The lowest BCUT2D eigenvalue weighted by molar-refractivity contribution is -0.141. The maximum absolute atomic E-state index is 10.8. The van der Waals surface area contributed by atoms with E-state index < -0.39 is 10.5 Å². The highest BCUT2D eigenvalue weighted by atomic mass is 33.1. The molecule has 2 heterocycles. The van der Waals surface area contributed by atoms with Gasteiger partial charge in [0.1, 0.15) is 0 Å². The van der Waals surface area contributed by atoms with Crippen molar-refractivity contribution < 1.29 is 19.2 Å². The number of carbonyl (C=O) groups excluding carboxylic acids is 4. The second kappa shape index (κ2) is 3.28. The third-order valence-electron chi connectivity index (χ3n) is 1.69. The Bertz CT molecular complexity index is 294. The van der Waals surface area contributed by atoms with E-state index in [4.69, 9.17) is 0 Å². The first-order valence-corrected chi connectivity index (χ1v) is 5.89. The van der Waals surface area contributed by atoms with Gasteiger partial charge in [-0.25, -0.2) is 0 Å². The number of amides is 4. The highest BCUT2D eigenvalue weighted by Gasteiger charge is 2.44. The summed E-state index contributed by atoms with van der Waals surface area (Å²) in [5.41, 5.74) is 0. The predicted molar refractivity (Wildman–Crippen MR) is 49.1 cm³/mol. The summed E-state index contributed by atoms with van der Waals surface area (Å²) < 4.78 is 0. The second-order valence-electron chi connectivity index (χ2n) is 2.66. The molecule has 14 heavy (non-hydrogen) atoms. The van der Waals surface area contributed by atoms with Crippen LogP contribution in [0.4, 0.5) is 0 Å². The van der Waals surface area contributed by atoms with Crippen molar-refractivity contribution in [3.63, 3.8) is 0 Å². The summed E-state index contributed by atoms with van der Waals surface area (Å²) in [4.78, 5) is 43.1. The highest BCUT2D eigenvalue weighted by Crippen LogP contribution is 2.36. The van der Waals surface area contributed by atoms with Gasteiger partial charge in [0.2, 0.25) is 23.6 Å². The molecule has 2 saturated heterocycles. The van der Waals surface area contributed by atoms with Crippen molar-refractivity contribution in [2.45, 2.75) is 10.5 Å². The fourth-order valence-electron chi connectivity index (χ4n) is 0.874. The predicted octanol–water partition coefficient (Wildman–Crippen LogP) is -1.58. The quantitative estimate of drug-likeness (QED) is 0.346. The Morgan fingerprint density at radius 1 is 0.714 bits per heavy atom. The van der Waals surface area contributed by atoms with Crippen LogP contribution >= 0.6 is 21.6 Å². The number of carbonyl (C=O) groups is 4. The van der Waals surface area contributed by atoms with Crippen LogP contribution in [-0.4, -0.2) is 34.1 Å². The fraction of sp³-hybridized carbons (Fsp3) is 0.333. The van der Waals surface area contributed by atoms with Gasteiger partial charge in [-0.3, -0.25) is 29.8 Å². The van der Waals surface area contributed by atoms with Crippen LogP contribution in [0.5, 0.6) is 0 Å². The molecule has 0 saturated carbocycles. The van der Waals surface area contributed by atoms with E-state index >= 15 is 0 Å². The number of rotatable bonds is 3. The Morgan fingerprint density at radius 3 is 1.21 bits per heavy atom. The molecule has 2 fully saturated rings. The van der Waals surface area contributed by atoms with Crippen LogP contribution in [0.2, 0.25) is 0 Å². The van der Waals surface area contributed by atoms with Gasteiger partial charge in [-0.05, 0) is 0 Å². The zero-order valence-corrected chi connectivity index (χ0v) is 8.24. The standard InChI is InChI=1S/C6H4N2O4S2/c9-3-1(4(10)7-3)13-14-2-5(11)8-6(2)12/h1-2H,(H,7,9,10)(H,8,11,12). The van der Waals surface area contributed by atoms with Crippen LogP contribution in [-0.2, 0) is 19.2 Å². The van der Waals surface area contributed by atoms with E-state index in [2.05, 4.69) is 0 Å². The topological polar surface area (TPSA) is 92.3 Å². The minimum atomic E-state index is -0.777. The lowest BCUT2D eigenvalue weighted by Gasteiger charge is -2.26. The summed E-state index contributed by atoms with van der Waals surface area (Å²) in [6.45, 7) is 0.